The van der Waals surface area contributed by atoms with Crippen molar-refractivity contribution in [1.29, 1.82) is 0 Å². The average Bonchev–Trinajstić information content (AvgIpc) is 2.67. The van der Waals surface area contributed by atoms with Gasteiger partial charge in [0.05, 0.1) is 18.9 Å². The zero-order chi connectivity index (χ0) is 25.9. The Bertz CT molecular complexity index is 786. The summed E-state index contributed by atoms with van der Waals surface area (Å²) < 4.78 is 0. The van der Waals surface area contributed by atoms with Crippen molar-refractivity contribution in [2.45, 2.75) is 63.7 Å². The highest BCUT2D eigenvalue weighted by Crippen LogP contribution is 2.04. The standard InChI is InChI=1S/C18H31N7O8/c1-7(2)14(22)17(31)24-9(5-12(20)27)16(30)23-8(3-4-11(19)26)15(29)25-10(18(32)33)6-13(21)28/h7-10,14H,3-6,22H2,1-2H3,(H2,19,26)(H2,20,27)(H2,21,28)(H,23,30)(H,24,31)(H,25,29)(H,32,33). The van der Waals surface area contributed by atoms with E-state index in [1.165, 1.54) is 0 Å². The summed E-state index contributed by atoms with van der Waals surface area (Å²) in [5, 5.41) is 15.7. The van der Waals surface area contributed by atoms with Crippen LogP contribution in [0.3, 0.4) is 0 Å². The van der Waals surface area contributed by atoms with E-state index in [4.69, 9.17) is 28.0 Å². The van der Waals surface area contributed by atoms with Crippen LogP contribution in [0.2, 0.25) is 0 Å². The lowest BCUT2D eigenvalue weighted by molar-refractivity contribution is -0.144. The summed E-state index contributed by atoms with van der Waals surface area (Å²) in [6, 6.07) is -5.73. The van der Waals surface area contributed by atoms with E-state index in [0.29, 0.717) is 0 Å². The van der Waals surface area contributed by atoms with Gasteiger partial charge in [-0.05, 0) is 12.3 Å². The van der Waals surface area contributed by atoms with E-state index in [2.05, 4.69) is 10.6 Å². The number of carboxylic acids is 1. The Labute approximate surface area is 189 Å². The van der Waals surface area contributed by atoms with Crippen molar-refractivity contribution in [3.8, 4) is 0 Å². The van der Waals surface area contributed by atoms with Gasteiger partial charge in [0, 0.05) is 6.42 Å². The van der Waals surface area contributed by atoms with Crippen LogP contribution in [0.1, 0.15) is 39.5 Å². The number of hydrogen-bond donors (Lipinski definition) is 8. The number of nitrogens with one attached hydrogen (secondary N) is 3. The number of hydrogen-bond acceptors (Lipinski definition) is 8. The molecule has 6 amide bonds. The van der Waals surface area contributed by atoms with Gasteiger partial charge in [-0.1, -0.05) is 13.8 Å². The molecule has 0 spiro atoms. The number of amides is 6. The number of primary amides is 3. The molecule has 4 atom stereocenters. The molecule has 0 heterocycles. The SMILES string of the molecule is CC(C)C(N)C(=O)NC(CC(N)=O)C(=O)NC(CCC(N)=O)C(=O)NC(CC(N)=O)C(=O)O. The largest absolute Gasteiger partial charge is 0.480 e. The van der Waals surface area contributed by atoms with Gasteiger partial charge in [0.15, 0.2) is 0 Å². The summed E-state index contributed by atoms with van der Waals surface area (Å²) in [7, 11) is 0. The van der Waals surface area contributed by atoms with Crippen LogP contribution in [0.25, 0.3) is 0 Å². The predicted molar refractivity (Wildman–Crippen MR) is 112 cm³/mol. The van der Waals surface area contributed by atoms with Crippen molar-refractivity contribution >= 4 is 41.4 Å². The minimum atomic E-state index is -1.70. The molecule has 33 heavy (non-hydrogen) atoms. The van der Waals surface area contributed by atoms with Crippen LogP contribution in [-0.2, 0) is 33.6 Å². The van der Waals surface area contributed by atoms with Crippen LogP contribution in [0.4, 0.5) is 0 Å². The number of rotatable bonds is 15. The van der Waals surface area contributed by atoms with Crippen LogP contribution in [0, 0.1) is 5.92 Å². The Balaban J connectivity index is 5.63. The lowest BCUT2D eigenvalue weighted by atomic mass is 10.0. The van der Waals surface area contributed by atoms with Crippen molar-refractivity contribution in [1.82, 2.24) is 16.0 Å². The zero-order valence-electron chi connectivity index (χ0n) is 18.3. The third-order valence-electron chi connectivity index (χ3n) is 4.39. The van der Waals surface area contributed by atoms with Crippen molar-refractivity contribution < 1.29 is 38.7 Å². The number of aliphatic carboxylic acids is 1. The summed E-state index contributed by atoms with van der Waals surface area (Å²) in [5.41, 5.74) is 20.9. The molecule has 15 nitrogen and oxygen atoms in total. The molecule has 4 unspecified atom stereocenters. The third kappa shape index (κ3) is 11.4. The van der Waals surface area contributed by atoms with Gasteiger partial charge in [-0.2, -0.15) is 0 Å². The summed E-state index contributed by atoms with van der Waals surface area (Å²) in [6.45, 7) is 3.31. The second kappa shape index (κ2) is 13.6. The number of carboxylic acid groups (broad SMARTS) is 1. The Morgan fingerprint density at radius 1 is 0.697 bits per heavy atom. The van der Waals surface area contributed by atoms with Gasteiger partial charge in [0.25, 0.3) is 0 Å². The second-order valence-electron chi connectivity index (χ2n) is 7.64. The topological polar surface area (TPSA) is 280 Å². The van der Waals surface area contributed by atoms with Gasteiger partial charge in [-0.15, -0.1) is 0 Å². The van der Waals surface area contributed by atoms with E-state index < -0.39 is 78.4 Å². The molecule has 0 bridgehead atoms. The third-order valence-corrected chi connectivity index (χ3v) is 4.39. The van der Waals surface area contributed by atoms with E-state index in [1.807, 2.05) is 5.32 Å². The molecule has 0 radical (unpaired) electrons. The number of carbonyl (C=O) groups excluding carboxylic acids is 6. The maximum atomic E-state index is 12.7. The lowest BCUT2D eigenvalue weighted by Gasteiger charge is -2.25. The summed E-state index contributed by atoms with van der Waals surface area (Å²) in [5.74, 6) is -7.48. The first-order valence-electron chi connectivity index (χ1n) is 9.90. The molecule has 186 valence electrons. The van der Waals surface area contributed by atoms with E-state index in [9.17, 15) is 33.6 Å². The van der Waals surface area contributed by atoms with Crippen molar-refractivity contribution in [2.24, 2.45) is 28.9 Å². The molecule has 0 fully saturated rings. The maximum absolute atomic E-state index is 12.7. The highest BCUT2D eigenvalue weighted by Gasteiger charge is 2.32. The van der Waals surface area contributed by atoms with Crippen LogP contribution < -0.4 is 38.9 Å². The monoisotopic (exact) mass is 473 g/mol. The molecule has 0 aromatic rings. The summed E-state index contributed by atoms with van der Waals surface area (Å²) >= 11 is 0. The second-order valence-corrected chi connectivity index (χ2v) is 7.64. The maximum Gasteiger partial charge on any atom is 0.326 e. The molecule has 0 aliphatic rings. The first-order chi connectivity index (χ1) is 15.1. The first kappa shape index (κ1) is 29.2. The molecule has 0 aromatic carbocycles. The highest BCUT2D eigenvalue weighted by molar-refractivity contribution is 5.96. The molecule has 12 N–H and O–H groups in total. The number of carbonyl (C=O) groups is 7. The molecular weight excluding hydrogens is 442 g/mol. The summed E-state index contributed by atoms with van der Waals surface area (Å²) in [6.07, 6.45) is -2.09. The number of nitrogens with two attached hydrogens (primary N) is 4. The molecule has 0 aliphatic carbocycles. The Kier molecular flexibility index (Phi) is 12.1. The quantitative estimate of drug-likeness (QED) is 0.114. The van der Waals surface area contributed by atoms with Gasteiger partial charge in [-0.3, -0.25) is 28.8 Å². The molecule has 15 heteroatoms. The zero-order valence-corrected chi connectivity index (χ0v) is 18.3. The smallest absolute Gasteiger partial charge is 0.326 e. The van der Waals surface area contributed by atoms with E-state index in [0.717, 1.165) is 0 Å². The molecule has 0 aromatic heterocycles. The summed E-state index contributed by atoms with van der Waals surface area (Å²) in [4.78, 5) is 82.3. The average molecular weight is 473 g/mol. The fraction of sp³-hybridized carbons (Fsp3) is 0.611. The fourth-order valence-electron chi connectivity index (χ4n) is 2.48. The van der Waals surface area contributed by atoms with Crippen LogP contribution in [-0.4, -0.2) is 70.7 Å². The molecule has 0 aliphatic heterocycles. The molecule has 0 rings (SSSR count). The highest BCUT2D eigenvalue weighted by atomic mass is 16.4. The first-order valence-corrected chi connectivity index (χ1v) is 9.90. The van der Waals surface area contributed by atoms with Crippen molar-refractivity contribution in [3.63, 3.8) is 0 Å². The van der Waals surface area contributed by atoms with E-state index in [1.54, 1.807) is 13.8 Å². The Morgan fingerprint density at radius 2 is 1.12 bits per heavy atom. The normalized spacial score (nSPS) is 14.3. The Morgan fingerprint density at radius 3 is 1.55 bits per heavy atom. The van der Waals surface area contributed by atoms with E-state index >= 15 is 0 Å². The minimum Gasteiger partial charge on any atom is -0.480 e. The van der Waals surface area contributed by atoms with Gasteiger partial charge in [0.1, 0.15) is 18.1 Å². The van der Waals surface area contributed by atoms with Gasteiger partial charge < -0.3 is 44.0 Å². The van der Waals surface area contributed by atoms with E-state index in [-0.39, 0.29) is 18.8 Å². The van der Waals surface area contributed by atoms with Crippen LogP contribution in [0.5, 0.6) is 0 Å². The van der Waals surface area contributed by atoms with Gasteiger partial charge in [0.2, 0.25) is 35.4 Å². The predicted octanol–water partition coefficient (Wildman–Crippen LogP) is -4.48. The Hall–Kier alpha value is -3.75. The van der Waals surface area contributed by atoms with Crippen LogP contribution in [0.15, 0.2) is 0 Å². The van der Waals surface area contributed by atoms with Crippen LogP contribution >= 0.6 is 0 Å². The lowest BCUT2D eigenvalue weighted by Crippen LogP contribution is -2.58. The van der Waals surface area contributed by atoms with Crippen molar-refractivity contribution in [2.75, 3.05) is 0 Å². The fourth-order valence-corrected chi connectivity index (χ4v) is 2.48. The van der Waals surface area contributed by atoms with Gasteiger partial charge in [-0.25, -0.2) is 4.79 Å². The minimum absolute atomic E-state index is 0.297. The molecule has 0 saturated carbocycles. The van der Waals surface area contributed by atoms with Crippen molar-refractivity contribution in [3.05, 3.63) is 0 Å². The molecular formula is C18H31N7O8. The van der Waals surface area contributed by atoms with Gasteiger partial charge >= 0.3 is 5.97 Å². The molecule has 0 saturated heterocycles.